The summed E-state index contributed by atoms with van der Waals surface area (Å²) in [5.41, 5.74) is 3.19. The number of nitrogens with zero attached hydrogens (tertiary/aromatic N) is 2. The third kappa shape index (κ3) is 5.05. The minimum Gasteiger partial charge on any atom is -0.443 e. The number of rotatable bonds is 6. The van der Waals surface area contributed by atoms with Gasteiger partial charge in [-0.25, -0.2) is 9.78 Å². The summed E-state index contributed by atoms with van der Waals surface area (Å²) in [6.45, 7) is 5.04. The second-order valence-corrected chi connectivity index (χ2v) is 8.31. The molecule has 0 unspecified atom stereocenters. The molecule has 2 aromatic rings. The molecular weight excluding hydrogens is 370 g/mol. The number of amides is 1. The number of nitrogens with one attached hydrogen (secondary N) is 1. The van der Waals surface area contributed by atoms with Crippen molar-refractivity contribution in [3.05, 3.63) is 41.6 Å². The number of ether oxygens (including phenoxy) is 1. The van der Waals surface area contributed by atoms with Crippen LogP contribution in [0, 0.1) is 0 Å². The van der Waals surface area contributed by atoms with Gasteiger partial charge in [0.15, 0.2) is 0 Å². The number of aliphatic hydroxyl groups excluding tert-OH is 2. The van der Waals surface area contributed by atoms with E-state index in [0.29, 0.717) is 17.4 Å². The van der Waals surface area contributed by atoms with Crippen LogP contribution in [-0.2, 0) is 18.0 Å². The van der Waals surface area contributed by atoms with Crippen LogP contribution in [0.5, 0.6) is 0 Å². The number of hydrogen-bond acceptors (Lipinski definition) is 6. The predicted octanol–water partition coefficient (Wildman–Crippen LogP) is 3.68. The highest BCUT2D eigenvalue weighted by Gasteiger charge is 2.24. The second-order valence-electron chi connectivity index (χ2n) is 8.31. The predicted molar refractivity (Wildman–Crippen MR) is 113 cm³/mol. The quantitative estimate of drug-likeness (QED) is 0.686. The molecule has 0 atom stereocenters. The third-order valence-electron chi connectivity index (χ3n) is 4.72. The number of carbonyl (C=O) groups is 1. The molecule has 1 saturated carbocycles. The van der Waals surface area contributed by atoms with E-state index in [1.807, 2.05) is 18.2 Å². The summed E-state index contributed by atoms with van der Waals surface area (Å²) in [6, 6.07) is 7.89. The summed E-state index contributed by atoms with van der Waals surface area (Å²) in [6.07, 6.45) is 3.36. The van der Waals surface area contributed by atoms with Crippen molar-refractivity contribution < 1.29 is 19.7 Å². The van der Waals surface area contributed by atoms with E-state index in [9.17, 15) is 15.0 Å². The molecule has 1 amide bonds. The Hall–Kier alpha value is -2.64. The SMILES string of the molecule is CN(C(=O)OC(C)(C)C)c1cc(CO)c(-c2cccc(NC3CC3)c2CO)cn1. The zero-order valence-electron chi connectivity index (χ0n) is 17.4. The lowest BCUT2D eigenvalue weighted by Crippen LogP contribution is -2.34. The first-order valence-corrected chi connectivity index (χ1v) is 9.79. The number of carbonyl (C=O) groups excluding carboxylic acids is 1. The summed E-state index contributed by atoms with van der Waals surface area (Å²) in [5, 5.41) is 23.4. The molecule has 0 radical (unpaired) electrons. The maximum atomic E-state index is 12.3. The molecule has 3 N–H and O–H groups in total. The zero-order chi connectivity index (χ0) is 21.2. The van der Waals surface area contributed by atoms with Gasteiger partial charge < -0.3 is 20.3 Å². The molecule has 0 spiro atoms. The Balaban J connectivity index is 1.94. The van der Waals surface area contributed by atoms with Crippen LogP contribution in [0.1, 0.15) is 44.7 Å². The molecule has 29 heavy (non-hydrogen) atoms. The van der Waals surface area contributed by atoms with Gasteiger partial charge in [-0.2, -0.15) is 0 Å². The summed E-state index contributed by atoms with van der Waals surface area (Å²) in [4.78, 5) is 18.0. The Morgan fingerprint density at radius 2 is 1.97 bits per heavy atom. The van der Waals surface area contributed by atoms with E-state index in [0.717, 1.165) is 35.2 Å². The summed E-state index contributed by atoms with van der Waals surface area (Å²) in [7, 11) is 1.58. The van der Waals surface area contributed by atoms with Crippen molar-refractivity contribution in [3.8, 4) is 11.1 Å². The Labute approximate surface area is 171 Å². The second kappa shape index (κ2) is 8.39. The molecule has 0 saturated heterocycles. The van der Waals surface area contributed by atoms with Crippen molar-refractivity contribution in [2.24, 2.45) is 0 Å². The van der Waals surface area contributed by atoms with Crippen LogP contribution in [0.3, 0.4) is 0 Å². The molecule has 3 rings (SSSR count). The van der Waals surface area contributed by atoms with Crippen molar-refractivity contribution >= 4 is 17.6 Å². The molecule has 1 aliphatic rings. The highest BCUT2D eigenvalue weighted by Crippen LogP contribution is 2.35. The molecule has 7 nitrogen and oxygen atoms in total. The number of hydrogen-bond donors (Lipinski definition) is 3. The largest absolute Gasteiger partial charge is 0.443 e. The van der Waals surface area contributed by atoms with Gasteiger partial charge in [0.1, 0.15) is 11.4 Å². The van der Waals surface area contributed by atoms with E-state index < -0.39 is 11.7 Å². The van der Waals surface area contributed by atoms with Gasteiger partial charge in [-0.05, 0) is 56.9 Å². The molecule has 0 bridgehead atoms. The molecular formula is C22H29N3O4. The highest BCUT2D eigenvalue weighted by atomic mass is 16.6. The first kappa shape index (κ1) is 21.1. The lowest BCUT2D eigenvalue weighted by atomic mass is 9.96. The van der Waals surface area contributed by atoms with Crippen molar-refractivity contribution in [1.29, 1.82) is 0 Å². The van der Waals surface area contributed by atoms with Gasteiger partial charge in [0.05, 0.1) is 13.2 Å². The Morgan fingerprint density at radius 3 is 2.55 bits per heavy atom. The highest BCUT2D eigenvalue weighted by molar-refractivity contribution is 5.87. The van der Waals surface area contributed by atoms with E-state index in [-0.39, 0.29) is 13.2 Å². The smallest absolute Gasteiger partial charge is 0.415 e. The van der Waals surface area contributed by atoms with E-state index in [1.54, 1.807) is 40.1 Å². The first-order valence-electron chi connectivity index (χ1n) is 9.79. The van der Waals surface area contributed by atoms with Crippen molar-refractivity contribution in [3.63, 3.8) is 0 Å². The van der Waals surface area contributed by atoms with Crippen LogP contribution < -0.4 is 10.2 Å². The van der Waals surface area contributed by atoms with E-state index >= 15 is 0 Å². The minimum absolute atomic E-state index is 0.129. The zero-order valence-corrected chi connectivity index (χ0v) is 17.4. The van der Waals surface area contributed by atoms with Crippen molar-refractivity contribution in [2.75, 3.05) is 17.3 Å². The molecule has 1 heterocycles. The standard InChI is InChI=1S/C22H29N3O4/c1-22(2,3)29-21(28)25(4)20-10-14(12-26)17(11-23-20)16-6-5-7-19(18(16)13-27)24-15-8-9-15/h5-7,10-11,15,24,26-27H,8-9,12-13H2,1-4H3. The number of aromatic nitrogens is 1. The fourth-order valence-electron chi connectivity index (χ4n) is 3.06. The molecule has 0 aliphatic heterocycles. The van der Waals surface area contributed by atoms with Gasteiger partial charge in [0, 0.05) is 36.1 Å². The van der Waals surface area contributed by atoms with Crippen LogP contribution >= 0.6 is 0 Å². The van der Waals surface area contributed by atoms with Gasteiger partial charge in [0.2, 0.25) is 0 Å². The number of aliphatic hydroxyl groups is 2. The van der Waals surface area contributed by atoms with Crippen LogP contribution in [0.25, 0.3) is 11.1 Å². The summed E-state index contributed by atoms with van der Waals surface area (Å²) in [5.74, 6) is 0.379. The van der Waals surface area contributed by atoms with Gasteiger partial charge in [-0.3, -0.25) is 4.90 Å². The number of pyridine rings is 1. The molecule has 1 aromatic carbocycles. The lowest BCUT2D eigenvalue weighted by molar-refractivity contribution is 0.0588. The van der Waals surface area contributed by atoms with Crippen LogP contribution in [0.2, 0.25) is 0 Å². The first-order chi connectivity index (χ1) is 13.7. The summed E-state index contributed by atoms with van der Waals surface area (Å²) >= 11 is 0. The van der Waals surface area contributed by atoms with Crippen LogP contribution in [0.15, 0.2) is 30.5 Å². The number of benzene rings is 1. The fraction of sp³-hybridized carbons (Fsp3) is 0.455. The molecule has 156 valence electrons. The Bertz CT molecular complexity index is 888. The average Bonchev–Trinajstić information content (AvgIpc) is 3.49. The van der Waals surface area contributed by atoms with Gasteiger partial charge in [-0.15, -0.1) is 0 Å². The maximum absolute atomic E-state index is 12.3. The van der Waals surface area contributed by atoms with Crippen molar-refractivity contribution in [2.45, 2.75) is 58.5 Å². The lowest BCUT2D eigenvalue weighted by Gasteiger charge is -2.24. The topological polar surface area (TPSA) is 94.9 Å². The third-order valence-corrected chi connectivity index (χ3v) is 4.72. The Morgan fingerprint density at radius 1 is 1.24 bits per heavy atom. The van der Waals surface area contributed by atoms with E-state index in [4.69, 9.17) is 4.74 Å². The van der Waals surface area contributed by atoms with E-state index in [2.05, 4.69) is 10.3 Å². The maximum Gasteiger partial charge on any atom is 0.415 e. The molecule has 1 aliphatic carbocycles. The van der Waals surface area contributed by atoms with Gasteiger partial charge in [-0.1, -0.05) is 12.1 Å². The normalized spacial score (nSPS) is 13.9. The van der Waals surface area contributed by atoms with Crippen LogP contribution in [0.4, 0.5) is 16.3 Å². The Kier molecular flexibility index (Phi) is 6.10. The molecule has 1 aromatic heterocycles. The van der Waals surface area contributed by atoms with Gasteiger partial charge >= 0.3 is 6.09 Å². The minimum atomic E-state index is -0.615. The van der Waals surface area contributed by atoms with Crippen LogP contribution in [-0.4, -0.2) is 40.0 Å². The monoisotopic (exact) mass is 399 g/mol. The van der Waals surface area contributed by atoms with Crippen molar-refractivity contribution in [1.82, 2.24) is 4.98 Å². The van der Waals surface area contributed by atoms with Gasteiger partial charge in [0.25, 0.3) is 0 Å². The summed E-state index contributed by atoms with van der Waals surface area (Å²) < 4.78 is 5.38. The van der Waals surface area contributed by atoms with E-state index in [1.165, 1.54) is 4.90 Å². The molecule has 1 fully saturated rings. The number of anilines is 2. The fourth-order valence-corrected chi connectivity index (χ4v) is 3.06. The molecule has 7 heteroatoms. The average molecular weight is 399 g/mol.